The average molecular weight is 369 g/mol. The van der Waals surface area contributed by atoms with Gasteiger partial charge in [0.25, 0.3) is 5.91 Å². The molecular formula is C22H30N3O2+. The number of nitrogens with zero attached hydrogens (tertiary/aromatic N) is 1. The standard InChI is InChI=1S/C22H29N3O2/c1-16-4-5-19(14-17(16)2)18(3)23-22(27)15-24-10-12-25(13-11-24)20-6-8-21(26)9-7-20/h4-9,14,18,26H,10-13,15H2,1-3H3,(H,23,27)/p+1/t18-/m1/s1. The van der Waals surface area contributed by atoms with Crippen LogP contribution in [-0.2, 0) is 4.79 Å². The molecule has 0 aromatic heterocycles. The van der Waals surface area contributed by atoms with Crippen LogP contribution >= 0.6 is 0 Å². The molecule has 0 radical (unpaired) electrons. The molecule has 1 aliphatic rings. The Kier molecular flexibility index (Phi) is 6.01. The van der Waals surface area contributed by atoms with Gasteiger partial charge < -0.3 is 20.2 Å². The van der Waals surface area contributed by atoms with Crippen molar-refractivity contribution in [1.29, 1.82) is 0 Å². The summed E-state index contributed by atoms with van der Waals surface area (Å²) in [7, 11) is 0. The van der Waals surface area contributed by atoms with Crippen LogP contribution in [-0.4, -0.2) is 43.7 Å². The van der Waals surface area contributed by atoms with Gasteiger partial charge in [0.15, 0.2) is 6.54 Å². The van der Waals surface area contributed by atoms with Crippen molar-refractivity contribution >= 4 is 11.6 Å². The Morgan fingerprint density at radius 2 is 1.78 bits per heavy atom. The molecule has 1 amide bonds. The maximum Gasteiger partial charge on any atom is 0.275 e. The Morgan fingerprint density at radius 3 is 2.41 bits per heavy atom. The molecule has 2 aromatic rings. The molecule has 0 saturated carbocycles. The van der Waals surface area contributed by atoms with Gasteiger partial charge in [-0.3, -0.25) is 4.79 Å². The number of aryl methyl sites for hydroxylation is 2. The molecule has 2 aromatic carbocycles. The normalized spacial score (nSPS) is 16.2. The van der Waals surface area contributed by atoms with E-state index in [0.29, 0.717) is 6.54 Å². The number of rotatable bonds is 5. The summed E-state index contributed by atoms with van der Waals surface area (Å²) in [5.74, 6) is 0.395. The third kappa shape index (κ3) is 5.01. The van der Waals surface area contributed by atoms with E-state index in [4.69, 9.17) is 0 Å². The first-order valence-electron chi connectivity index (χ1n) is 9.66. The van der Waals surface area contributed by atoms with E-state index in [9.17, 15) is 9.90 Å². The lowest BCUT2D eigenvalue weighted by Crippen LogP contribution is -3.15. The Hall–Kier alpha value is -2.53. The van der Waals surface area contributed by atoms with Crippen LogP contribution < -0.4 is 15.1 Å². The largest absolute Gasteiger partial charge is 0.508 e. The number of aromatic hydroxyl groups is 1. The number of phenols is 1. The van der Waals surface area contributed by atoms with E-state index in [1.54, 1.807) is 12.1 Å². The summed E-state index contributed by atoms with van der Waals surface area (Å²) in [4.78, 5) is 16.1. The third-order valence-corrected chi connectivity index (χ3v) is 5.50. The van der Waals surface area contributed by atoms with Crippen molar-refractivity contribution < 1.29 is 14.8 Å². The van der Waals surface area contributed by atoms with Crippen LogP contribution in [0.2, 0.25) is 0 Å². The van der Waals surface area contributed by atoms with Crippen molar-refractivity contribution in [3.63, 3.8) is 0 Å². The van der Waals surface area contributed by atoms with Crippen molar-refractivity contribution in [2.75, 3.05) is 37.6 Å². The fourth-order valence-electron chi connectivity index (χ4n) is 3.56. The van der Waals surface area contributed by atoms with Crippen molar-refractivity contribution in [2.24, 2.45) is 0 Å². The lowest BCUT2D eigenvalue weighted by atomic mass is 10.0. The van der Waals surface area contributed by atoms with Crippen LogP contribution in [0.15, 0.2) is 42.5 Å². The summed E-state index contributed by atoms with van der Waals surface area (Å²) < 4.78 is 0. The summed E-state index contributed by atoms with van der Waals surface area (Å²) in [6.45, 7) is 10.5. The predicted molar refractivity (Wildman–Crippen MR) is 108 cm³/mol. The molecule has 0 unspecified atom stereocenters. The molecule has 1 heterocycles. The Balaban J connectivity index is 1.47. The number of nitrogens with one attached hydrogen (secondary N) is 2. The van der Waals surface area contributed by atoms with Crippen molar-refractivity contribution in [3.8, 4) is 5.75 Å². The van der Waals surface area contributed by atoms with E-state index in [0.717, 1.165) is 37.4 Å². The highest BCUT2D eigenvalue weighted by molar-refractivity contribution is 5.77. The summed E-state index contributed by atoms with van der Waals surface area (Å²) in [6, 6.07) is 13.7. The van der Waals surface area contributed by atoms with Crippen molar-refractivity contribution in [3.05, 3.63) is 59.2 Å². The molecule has 1 saturated heterocycles. The fourth-order valence-corrected chi connectivity index (χ4v) is 3.56. The molecule has 3 N–H and O–H groups in total. The molecule has 144 valence electrons. The molecule has 1 aliphatic heterocycles. The van der Waals surface area contributed by atoms with E-state index in [1.165, 1.54) is 16.0 Å². The minimum atomic E-state index is 0.0227. The Labute approximate surface area is 161 Å². The van der Waals surface area contributed by atoms with Crippen LogP contribution in [0.3, 0.4) is 0 Å². The number of piperazine rings is 1. The van der Waals surface area contributed by atoms with Gasteiger partial charge in [0.2, 0.25) is 0 Å². The van der Waals surface area contributed by atoms with E-state index >= 15 is 0 Å². The maximum absolute atomic E-state index is 12.5. The molecule has 1 fully saturated rings. The Morgan fingerprint density at radius 1 is 1.11 bits per heavy atom. The van der Waals surface area contributed by atoms with Gasteiger partial charge in [-0.1, -0.05) is 18.2 Å². The number of benzene rings is 2. The van der Waals surface area contributed by atoms with Gasteiger partial charge in [-0.25, -0.2) is 0 Å². The molecule has 3 rings (SSSR count). The number of carbonyl (C=O) groups is 1. The van der Waals surface area contributed by atoms with Gasteiger partial charge in [-0.15, -0.1) is 0 Å². The predicted octanol–water partition coefficient (Wildman–Crippen LogP) is 1.59. The number of carbonyl (C=O) groups excluding carboxylic acids is 1. The number of hydrogen-bond acceptors (Lipinski definition) is 3. The highest BCUT2D eigenvalue weighted by Crippen LogP contribution is 2.18. The second kappa shape index (κ2) is 8.44. The first-order valence-corrected chi connectivity index (χ1v) is 9.66. The monoisotopic (exact) mass is 368 g/mol. The smallest absolute Gasteiger partial charge is 0.275 e. The van der Waals surface area contributed by atoms with E-state index in [1.807, 2.05) is 19.1 Å². The highest BCUT2D eigenvalue weighted by atomic mass is 16.3. The van der Waals surface area contributed by atoms with Crippen LogP contribution in [0.1, 0.15) is 29.7 Å². The zero-order valence-corrected chi connectivity index (χ0v) is 16.5. The van der Waals surface area contributed by atoms with E-state index < -0.39 is 0 Å². The van der Waals surface area contributed by atoms with Gasteiger partial charge in [0, 0.05) is 5.69 Å². The third-order valence-electron chi connectivity index (χ3n) is 5.50. The fraction of sp³-hybridized carbons (Fsp3) is 0.409. The molecule has 1 atom stereocenters. The van der Waals surface area contributed by atoms with Gasteiger partial charge >= 0.3 is 0 Å². The van der Waals surface area contributed by atoms with Crippen molar-refractivity contribution in [1.82, 2.24) is 5.32 Å². The topological polar surface area (TPSA) is 57.0 Å². The molecular weight excluding hydrogens is 338 g/mol. The van der Waals surface area contributed by atoms with Gasteiger partial charge in [0.1, 0.15) is 5.75 Å². The van der Waals surface area contributed by atoms with Gasteiger partial charge in [-0.05, 0) is 61.7 Å². The molecule has 0 spiro atoms. The number of quaternary nitrogens is 1. The molecule has 0 aliphatic carbocycles. The van der Waals surface area contributed by atoms with Crippen LogP contribution in [0.25, 0.3) is 0 Å². The number of phenolic OH excluding ortho intramolecular Hbond substituents is 1. The summed E-state index contributed by atoms with van der Waals surface area (Å²) in [5, 5.41) is 12.6. The van der Waals surface area contributed by atoms with Gasteiger partial charge in [-0.2, -0.15) is 0 Å². The number of hydrogen-bond donors (Lipinski definition) is 3. The van der Waals surface area contributed by atoms with E-state index in [-0.39, 0.29) is 17.7 Å². The Bertz CT molecular complexity index is 781. The van der Waals surface area contributed by atoms with Crippen LogP contribution in [0.5, 0.6) is 5.75 Å². The summed E-state index contributed by atoms with van der Waals surface area (Å²) in [6.07, 6.45) is 0. The minimum Gasteiger partial charge on any atom is -0.508 e. The van der Waals surface area contributed by atoms with E-state index in [2.05, 4.69) is 42.3 Å². The maximum atomic E-state index is 12.5. The van der Waals surface area contributed by atoms with Crippen LogP contribution in [0.4, 0.5) is 5.69 Å². The minimum absolute atomic E-state index is 0.0227. The second-order valence-electron chi connectivity index (χ2n) is 7.56. The lowest BCUT2D eigenvalue weighted by Gasteiger charge is -2.33. The quantitative estimate of drug-likeness (QED) is 0.751. The first-order chi connectivity index (χ1) is 12.9. The zero-order chi connectivity index (χ0) is 19.4. The number of amides is 1. The van der Waals surface area contributed by atoms with Gasteiger partial charge in [0.05, 0.1) is 32.2 Å². The summed E-state index contributed by atoms with van der Waals surface area (Å²) >= 11 is 0. The zero-order valence-electron chi connectivity index (χ0n) is 16.5. The van der Waals surface area contributed by atoms with Crippen LogP contribution in [0, 0.1) is 13.8 Å². The van der Waals surface area contributed by atoms with Crippen molar-refractivity contribution in [2.45, 2.75) is 26.8 Å². The molecule has 5 heteroatoms. The lowest BCUT2D eigenvalue weighted by molar-refractivity contribution is -0.892. The molecule has 5 nitrogen and oxygen atoms in total. The average Bonchev–Trinajstić information content (AvgIpc) is 2.65. The first kappa shape index (κ1) is 19.2. The SMILES string of the molecule is Cc1ccc([C@@H](C)NC(=O)C[NH+]2CCN(c3ccc(O)cc3)CC2)cc1C. The summed E-state index contributed by atoms with van der Waals surface area (Å²) in [5.41, 5.74) is 4.80. The number of anilines is 1. The highest BCUT2D eigenvalue weighted by Gasteiger charge is 2.23. The molecule has 0 bridgehead atoms. The second-order valence-corrected chi connectivity index (χ2v) is 7.56. The molecule has 27 heavy (non-hydrogen) atoms.